The molecule has 0 saturated carbocycles. The number of carbonyl (C=O) groups is 1. The minimum atomic E-state index is -0.288. The Hall–Kier alpha value is -3.17. The number of amides is 1. The van der Waals surface area contributed by atoms with Gasteiger partial charge in [0.15, 0.2) is 0 Å². The summed E-state index contributed by atoms with van der Waals surface area (Å²) in [6, 6.07) is 13.3. The second kappa shape index (κ2) is 9.99. The van der Waals surface area contributed by atoms with Crippen LogP contribution in [0.25, 0.3) is 10.2 Å². The van der Waals surface area contributed by atoms with Crippen molar-refractivity contribution in [2.45, 2.75) is 31.6 Å². The Morgan fingerprint density at radius 3 is 2.91 bits per heavy atom. The molecule has 0 fully saturated rings. The van der Waals surface area contributed by atoms with Crippen LogP contribution in [-0.4, -0.2) is 21.6 Å². The third kappa shape index (κ3) is 5.15. The van der Waals surface area contributed by atoms with Crippen LogP contribution in [0.2, 0.25) is 0 Å². The molecule has 9 heteroatoms. The summed E-state index contributed by atoms with van der Waals surface area (Å²) in [4.78, 5) is 34.5. The van der Waals surface area contributed by atoms with Gasteiger partial charge in [0.05, 0.1) is 16.9 Å². The van der Waals surface area contributed by atoms with Gasteiger partial charge in [0.1, 0.15) is 28.8 Å². The van der Waals surface area contributed by atoms with E-state index in [9.17, 15) is 14.0 Å². The Morgan fingerprint density at radius 1 is 1.21 bits per heavy atom. The zero-order chi connectivity index (χ0) is 23.5. The van der Waals surface area contributed by atoms with Crippen molar-refractivity contribution in [2.75, 3.05) is 11.1 Å². The van der Waals surface area contributed by atoms with Crippen molar-refractivity contribution in [2.24, 2.45) is 0 Å². The number of nitrogens with zero attached hydrogens (tertiary/aromatic N) is 1. The molecule has 0 unspecified atom stereocenters. The third-order valence-corrected chi connectivity index (χ3v) is 7.66. The van der Waals surface area contributed by atoms with Crippen LogP contribution in [0.3, 0.4) is 0 Å². The van der Waals surface area contributed by atoms with E-state index in [1.165, 1.54) is 28.8 Å². The number of ether oxygens (including phenoxy) is 1. The van der Waals surface area contributed by atoms with Gasteiger partial charge in [-0.1, -0.05) is 18.2 Å². The highest BCUT2D eigenvalue weighted by Crippen LogP contribution is 2.34. The van der Waals surface area contributed by atoms with Gasteiger partial charge in [0.2, 0.25) is 5.91 Å². The first-order chi connectivity index (χ1) is 16.5. The summed E-state index contributed by atoms with van der Waals surface area (Å²) in [6.07, 6.45) is 3.08. The summed E-state index contributed by atoms with van der Waals surface area (Å²) in [5, 5.41) is 3.60. The number of hydrogen-bond donors (Lipinski definition) is 2. The van der Waals surface area contributed by atoms with E-state index in [0.717, 1.165) is 40.6 Å². The molecular weight excluding hydrogens is 473 g/mol. The molecule has 5 rings (SSSR count). The Balaban J connectivity index is 1.13. The summed E-state index contributed by atoms with van der Waals surface area (Å²) in [5.74, 6) is 1.42. The fraction of sp³-hybridized carbons (Fsp3) is 0.240. The molecule has 0 bridgehead atoms. The van der Waals surface area contributed by atoms with E-state index in [1.807, 2.05) is 0 Å². The molecule has 2 heterocycles. The van der Waals surface area contributed by atoms with Gasteiger partial charge in [-0.3, -0.25) is 9.59 Å². The number of carbonyl (C=O) groups excluding carboxylic acids is 1. The molecule has 34 heavy (non-hydrogen) atoms. The predicted octanol–water partition coefficient (Wildman–Crippen LogP) is 5.06. The second-order valence-electron chi connectivity index (χ2n) is 8.03. The van der Waals surface area contributed by atoms with Gasteiger partial charge in [-0.2, -0.15) is 0 Å². The molecule has 174 valence electrons. The van der Waals surface area contributed by atoms with E-state index in [-0.39, 0.29) is 23.0 Å². The van der Waals surface area contributed by atoms with Crippen molar-refractivity contribution in [3.63, 3.8) is 0 Å². The minimum Gasteiger partial charge on any atom is -0.489 e. The number of nitrogens with one attached hydrogen (secondary N) is 2. The van der Waals surface area contributed by atoms with Crippen molar-refractivity contribution in [3.8, 4) is 5.75 Å². The number of fused-ring (bicyclic) bond motifs is 3. The molecule has 6 nitrogen and oxygen atoms in total. The molecule has 4 aromatic rings. The number of aryl methyl sites for hydroxylation is 2. The fourth-order valence-electron chi connectivity index (χ4n) is 3.96. The third-order valence-electron chi connectivity index (χ3n) is 5.53. The maximum absolute atomic E-state index is 13.0. The van der Waals surface area contributed by atoms with Gasteiger partial charge < -0.3 is 15.0 Å². The summed E-state index contributed by atoms with van der Waals surface area (Å²) < 4.78 is 18.8. The van der Waals surface area contributed by atoms with Crippen LogP contribution in [0.15, 0.2) is 53.3 Å². The number of hydrogen-bond acceptors (Lipinski definition) is 6. The highest BCUT2D eigenvalue weighted by molar-refractivity contribution is 7.99. The number of anilines is 1. The smallest absolute Gasteiger partial charge is 0.259 e. The highest BCUT2D eigenvalue weighted by Gasteiger charge is 2.21. The van der Waals surface area contributed by atoms with Gasteiger partial charge in [-0.25, -0.2) is 9.37 Å². The molecule has 2 aromatic heterocycles. The average molecular weight is 496 g/mol. The second-order valence-corrected chi connectivity index (χ2v) is 10.1. The topological polar surface area (TPSA) is 84.1 Å². The van der Waals surface area contributed by atoms with Crippen molar-refractivity contribution in [1.29, 1.82) is 0 Å². The maximum Gasteiger partial charge on any atom is 0.259 e. The van der Waals surface area contributed by atoms with Gasteiger partial charge in [0, 0.05) is 16.6 Å². The van der Waals surface area contributed by atoms with Gasteiger partial charge in [0.25, 0.3) is 5.56 Å². The molecular formula is C25H22FN3O3S2. The van der Waals surface area contributed by atoms with Crippen LogP contribution < -0.4 is 15.6 Å². The van der Waals surface area contributed by atoms with E-state index >= 15 is 0 Å². The van der Waals surface area contributed by atoms with Crippen molar-refractivity contribution >= 4 is 44.9 Å². The molecule has 0 atom stereocenters. The number of thiophene rings is 1. The Labute approximate surface area is 203 Å². The molecule has 0 aliphatic heterocycles. The quantitative estimate of drug-likeness (QED) is 0.357. The lowest BCUT2D eigenvalue weighted by Gasteiger charge is -2.09. The molecule has 1 aliphatic rings. The van der Waals surface area contributed by atoms with Crippen LogP contribution in [-0.2, 0) is 30.0 Å². The van der Waals surface area contributed by atoms with E-state index in [0.29, 0.717) is 29.6 Å². The Morgan fingerprint density at radius 2 is 2.06 bits per heavy atom. The SMILES string of the molecule is O=C(CSCc1nc2sc3c(c2c(=O)[nH]1)CCC3)Nc1cccc(OCc2ccc(F)cc2)c1. The van der Waals surface area contributed by atoms with Gasteiger partial charge >= 0.3 is 0 Å². The van der Waals surface area contributed by atoms with Crippen molar-refractivity contribution in [3.05, 3.63) is 86.5 Å². The number of halogens is 1. The van der Waals surface area contributed by atoms with Crippen molar-refractivity contribution in [1.82, 2.24) is 9.97 Å². The summed E-state index contributed by atoms with van der Waals surface area (Å²) in [6.45, 7) is 0.302. The standard InChI is InChI=1S/C25H22FN3O3S2/c26-16-9-7-15(8-10-16)12-32-18-4-1-3-17(11-18)27-22(30)14-33-13-21-28-24(31)23-19-5-2-6-20(19)34-25(23)29-21/h1,3-4,7-11H,2,5-6,12-14H2,(H,27,30)(H,28,29,31). The van der Waals surface area contributed by atoms with Crippen LogP contribution in [0.4, 0.5) is 10.1 Å². The molecule has 2 aromatic carbocycles. The molecule has 2 N–H and O–H groups in total. The first kappa shape index (κ1) is 22.6. The average Bonchev–Trinajstić information content (AvgIpc) is 3.40. The van der Waals surface area contributed by atoms with Crippen LogP contribution in [0.1, 0.15) is 28.2 Å². The number of benzene rings is 2. The van der Waals surface area contributed by atoms with E-state index in [4.69, 9.17) is 4.74 Å². The fourth-order valence-corrected chi connectivity index (χ4v) is 5.93. The zero-order valence-corrected chi connectivity index (χ0v) is 19.9. The molecule has 1 amide bonds. The summed E-state index contributed by atoms with van der Waals surface area (Å²) >= 11 is 3.01. The minimum absolute atomic E-state index is 0.0816. The number of H-pyrrole nitrogens is 1. The number of rotatable bonds is 8. The van der Waals surface area contributed by atoms with E-state index < -0.39 is 0 Å². The zero-order valence-electron chi connectivity index (χ0n) is 18.2. The van der Waals surface area contributed by atoms with Gasteiger partial charge in [-0.15, -0.1) is 23.1 Å². The molecule has 0 spiro atoms. The monoisotopic (exact) mass is 495 g/mol. The van der Waals surface area contributed by atoms with E-state index in [1.54, 1.807) is 47.7 Å². The lowest BCUT2D eigenvalue weighted by Crippen LogP contribution is -2.15. The largest absolute Gasteiger partial charge is 0.489 e. The van der Waals surface area contributed by atoms with Crippen LogP contribution in [0.5, 0.6) is 5.75 Å². The summed E-state index contributed by atoms with van der Waals surface area (Å²) in [7, 11) is 0. The van der Waals surface area contributed by atoms with Crippen molar-refractivity contribution < 1.29 is 13.9 Å². The highest BCUT2D eigenvalue weighted by atomic mass is 32.2. The van der Waals surface area contributed by atoms with Crippen LogP contribution >= 0.6 is 23.1 Å². The lowest BCUT2D eigenvalue weighted by atomic mass is 10.2. The summed E-state index contributed by atoms with van der Waals surface area (Å²) in [5.41, 5.74) is 2.56. The molecule has 0 saturated heterocycles. The van der Waals surface area contributed by atoms with Gasteiger partial charge in [-0.05, 0) is 54.7 Å². The Bertz CT molecular complexity index is 1400. The van der Waals surface area contributed by atoms with Crippen LogP contribution in [0, 0.1) is 5.82 Å². The maximum atomic E-state index is 13.0. The predicted molar refractivity (Wildman–Crippen MR) is 134 cm³/mol. The molecule has 0 radical (unpaired) electrons. The van der Waals surface area contributed by atoms with E-state index in [2.05, 4.69) is 15.3 Å². The normalized spacial score (nSPS) is 12.6. The Kier molecular flexibility index (Phi) is 6.64. The number of aromatic amines is 1. The number of thioether (sulfide) groups is 1. The molecule has 1 aliphatic carbocycles. The first-order valence-corrected chi connectivity index (χ1v) is 12.9. The number of aromatic nitrogens is 2. The first-order valence-electron chi connectivity index (χ1n) is 10.9. The lowest BCUT2D eigenvalue weighted by molar-refractivity contribution is -0.113.